The molecular formula is C23H30N2O3. The van der Waals surface area contributed by atoms with Gasteiger partial charge in [-0.05, 0) is 44.9 Å². The van der Waals surface area contributed by atoms with E-state index >= 15 is 0 Å². The van der Waals surface area contributed by atoms with E-state index in [9.17, 15) is 9.59 Å². The fourth-order valence-corrected chi connectivity index (χ4v) is 3.05. The van der Waals surface area contributed by atoms with Gasteiger partial charge in [0.2, 0.25) is 5.91 Å². The van der Waals surface area contributed by atoms with Crippen LogP contribution in [-0.2, 0) is 16.1 Å². The van der Waals surface area contributed by atoms with Crippen molar-refractivity contribution >= 4 is 11.8 Å². The molecule has 0 radical (unpaired) electrons. The third-order valence-electron chi connectivity index (χ3n) is 4.36. The van der Waals surface area contributed by atoms with Gasteiger partial charge in [0.1, 0.15) is 11.8 Å². The maximum atomic E-state index is 13.0. The minimum Gasteiger partial charge on any atom is -0.484 e. The van der Waals surface area contributed by atoms with Crippen LogP contribution in [0, 0.1) is 6.92 Å². The summed E-state index contributed by atoms with van der Waals surface area (Å²) in [5, 5.41) is 2.93. The molecule has 2 aromatic carbocycles. The number of nitrogens with zero attached hydrogens (tertiary/aromatic N) is 1. The lowest BCUT2D eigenvalue weighted by Gasteiger charge is -2.31. The molecule has 1 N–H and O–H groups in total. The highest BCUT2D eigenvalue weighted by molar-refractivity contribution is 5.88. The lowest BCUT2D eigenvalue weighted by atomic mass is 10.1. The Hall–Kier alpha value is -2.82. The minimum atomic E-state index is -0.546. The van der Waals surface area contributed by atoms with Crippen LogP contribution in [0.2, 0.25) is 0 Å². The van der Waals surface area contributed by atoms with E-state index in [1.54, 1.807) is 17.0 Å². The molecule has 0 aromatic heterocycles. The standard InChI is InChI=1S/C23H30N2O3/c1-5-21(23(27)24-17(2)3)25(15-19-11-9-10-18(4)14-19)22(26)16-28-20-12-7-6-8-13-20/h6-14,17,21H,5,15-16H2,1-4H3,(H,24,27). The third-order valence-corrected chi connectivity index (χ3v) is 4.36. The Morgan fingerprint density at radius 2 is 1.79 bits per heavy atom. The van der Waals surface area contributed by atoms with Gasteiger partial charge in [-0.1, -0.05) is 55.0 Å². The molecule has 1 atom stereocenters. The number of amides is 2. The highest BCUT2D eigenvalue weighted by atomic mass is 16.5. The van der Waals surface area contributed by atoms with Crippen LogP contribution in [0.3, 0.4) is 0 Å². The number of carbonyl (C=O) groups is 2. The van der Waals surface area contributed by atoms with Crippen molar-refractivity contribution in [1.82, 2.24) is 10.2 Å². The summed E-state index contributed by atoms with van der Waals surface area (Å²) < 4.78 is 5.64. The molecule has 28 heavy (non-hydrogen) atoms. The first kappa shape index (κ1) is 21.5. The normalized spacial score (nSPS) is 11.8. The summed E-state index contributed by atoms with van der Waals surface area (Å²) in [7, 11) is 0. The van der Waals surface area contributed by atoms with Gasteiger partial charge < -0.3 is 15.0 Å². The smallest absolute Gasteiger partial charge is 0.261 e. The van der Waals surface area contributed by atoms with Gasteiger partial charge in [-0.2, -0.15) is 0 Å². The molecule has 0 aliphatic carbocycles. The van der Waals surface area contributed by atoms with E-state index < -0.39 is 6.04 Å². The van der Waals surface area contributed by atoms with Gasteiger partial charge in [0.15, 0.2) is 6.61 Å². The highest BCUT2D eigenvalue weighted by Crippen LogP contribution is 2.15. The van der Waals surface area contributed by atoms with Crippen molar-refractivity contribution in [3.05, 3.63) is 65.7 Å². The Morgan fingerprint density at radius 3 is 2.39 bits per heavy atom. The maximum Gasteiger partial charge on any atom is 0.261 e. The first-order chi connectivity index (χ1) is 13.4. The molecule has 0 bridgehead atoms. The van der Waals surface area contributed by atoms with Gasteiger partial charge in [0.25, 0.3) is 5.91 Å². The number of para-hydroxylation sites is 1. The number of hydrogen-bond acceptors (Lipinski definition) is 3. The van der Waals surface area contributed by atoms with Crippen molar-refractivity contribution in [1.29, 1.82) is 0 Å². The molecule has 150 valence electrons. The van der Waals surface area contributed by atoms with Gasteiger partial charge in [-0.15, -0.1) is 0 Å². The Labute approximate surface area is 167 Å². The fraction of sp³-hybridized carbons (Fsp3) is 0.391. The van der Waals surface area contributed by atoms with Crippen LogP contribution in [0.25, 0.3) is 0 Å². The second kappa shape index (κ2) is 10.5. The van der Waals surface area contributed by atoms with Crippen molar-refractivity contribution in [2.24, 2.45) is 0 Å². The highest BCUT2D eigenvalue weighted by Gasteiger charge is 2.29. The number of hydrogen-bond donors (Lipinski definition) is 1. The second-order valence-electron chi connectivity index (χ2n) is 7.20. The average Bonchev–Trinajstić information content (AvgIpc) is 2.66. The molecule has 0 fully saturated rings. The largest absolute Gasteiger partial charge is 0.484 e. The van der Waals surface area contributed by atoms with Gasteiger partial charge in [0, 0.05) is 12.6 Å². The van der Waals surface area contributed by atoms with E-state index in [4.69, 9.17) is 4.74 Å². The van der Waals surface area contributed by atoms with E-state index in [1.165, 1.54) is 0 Å². The van der Waals surface area contributed by atoms with Crippen LogP contribution in [0.5, 0.6) is 5.75 Å². The van der Waals surface area contributed by atoms with Crippen LogP contribution in [0.15, 0.2) is 54.6 Å². The number of benzene rings is 2. The van der Waals surface area contributed by atoms with E-state index in [1.807, 2.05) is 70.2 Å². The van der Waals surface area contributed by atoms with Crippen LogP contribution < -0.4 is 10.1 Å². The number of carbonyl (C=O) groups excluding carboxylic acids is 2. The zero-order valence-electron chi connectivity index (χ0n) is 17.1. The lowest BCUT2D eigenvalue weighted by Crippen LogP contribution is -2.51. The predicted octanol–water partition coefficient (Wildman–Crippen LogP) is 3.71. The summed E-state index contributed by atoms with van der Waals surface area (Å²) in [4.78, 5) is 27.4. The summed E-state index contributed by atoms with van der Waals surface area (Å²) in [6, 6.07) is 16.7. The Morgan fingerprint density at radius 1 is 1.07 bits per heavy atom. The molecule has 5 heteroatoms. The topological polar surface area (TPSA) is 58.6 Å². The molecule has 0 spiro atoms. The number of rotatable bonds is 9. The molecule has 0 saturated carbocycles. The SMILES string of the molecule is CCC(C(=O)NC(C)C)N(Cc1cccc(C)c1)C(=O)COc1ccccc1. The van der Waals surface area contributed by atoms with Crippen molar-refractivity contribution in [2.75, 3.05) is 6.61 Å². The second-order valence-corrected chi connectivity index (χ2v) is 7.20. The summed E-state index contributed by atoms with van der Waals surface area (Å²) in [6.45, 7) is 8.01. The fourth-order valence-electron chi connectivity index (χ4n) is 3.05. The average molecular weight is 383 g/mol. The van der Waals surface area contributed by atoms with Crippen molar-refractivity contribution in [3.63, 3.8) is 0 Å². The van der Waals surface area contributed by atoms with Gasteiger partial charge >= 0.3 is 0 Å². The number of nitrogens with one attached hydrogen (secondary N) is 1. The molecule has 0 saturated heterocycles. The monoisotopic (exact) mass is 382 g/mol. The Balaban J connectivity index is 2.20. The first-order valence-electron chi connectivity index (χ1n) is 9.74. The molecule has 0 aliphatic heterocycles. The number of aryl methyl sites for hydroxylation is 1. The van der Waals surface area contributed by atoms with E-state index in [2.05, 4.69) is 5.32 Å². The predicted molar refractivity (Wildman–Crippen MR) is 111 cm³/mol. The molecule has 0 aliphatic rings. The molecule has 1 unspecified atom stereocenters. The maximum absolute atomic E-state index is 13.0. The van der Waals surface area contributed by atoms with E-state index in [-0.39, 0.29) is 24.5 Å². The third kappa shape index (κ3) is 6.41. The summed E-state index contributed by atoms with van der Waals surface area (Å²) in [5.41, 5.74) is 2.11. The summed E-state index contributed by atoms with van der Waals surface area (Å²) in [6.07, 6.45) is 0.529. The Kier molecular flexibility index (Phi) is 8.05. The van der Waals surface area contributed by atoms with Crippen LogP contribution in [0.4, 0.5) is 0 Å². The Bertz CT molecular complexity index is 774. The number of ether oxygens (including phenoxy) is 1. The van der Waals surface area contributed by atoms with Crippen molar-refractivity contribution in [2.45, 2.75) is 52.7 Å². The van der Waals surface area contributed by atoms with Gasteiger partial charge in [-0.3, -0.25) is 9.59 Å². The van der Waals surface area contributed by atoms with E-state index in [0.717, 1.165) is 11.1 Å². The molecule has 2 amide bonds. The molecule has 5 nitrogen and oxygen atoms in total. The first-order valence-corrected chi connectivity index (χ1v) is 9.74. The zero-order chi connectivity index (χ0) is 20.5. The van der Waals surface area contributed by atoms with Crippen LogP contribution in [0.1, 0.15) is 38.3 Å². The summed E-state index contributed by atoms with van der Waals surface area (Å²) in [5.74, 6) is 0.278. The quantitative estimate of drug-likeness (QED) is 0.719. The van der Waals surface area contributed by atoms with Gasteiger partial charge in [0.05, 0.1) is 0 Å². The van der Waals surface area contributed by atoms with Crippen LogP contribution in [-0.4, -0.2) is 35.4 Å². The lowest BCUT2D eigenvalue weighted by molar-refractivity contribution is -0.143. The minimum absolute atomic E-state index is 0.0121. The molecule has 2 aromatic rings. The zero-order valence-corrected chi connectivity index (χ0v) is 17.1. The van der Waals surface area contributed by atoms with E-state index in [0.29, 0.717) is 18.7 Å². The van der Waals surface area contributed by atoms with Crippen LogP contribution >= 0.6 is 0 Å². The summed E-state index contributed by atoms with van der Waals surface area (Å²) >= 11 is 0. The van der Waals surface area contributed by atoms with Crippen molar-refractivity contribution < 1.29 is 14.3 Å². The molecule has 2 rings (SSSR count). The van der Waals surface area contributed by atoms with Crippen molar-refractivity contribution in [3.8, 4) is 5.75 Å². The van der Waals surface area contributed by atoms with Gasteiger partial charge in [-0.25, -0.2) is 0 Å². The molecular weight excluding hydrogens is 352 g/mol. The molecule has 0 heterocycles.